The van der Waals surface area contributed by atoms with E-state index in [9.17, 15) is 19.5 Å². The number of hydrogen-bond acceptors (Lipinski definition) is 5. The molecule has 1 unspecified atom stereocenters. The van der Waals surface area contributed by atoms with Gasteiger partial charge in [-0.2, -0.15) is 5.10 Å². The average molecular weight is 599 g/mol. The van der Waals surface area contributed by atoms with Crippen molar-refractivity contribution in [1.82, 2.24) is 15.1 Å². The molecule has 2 amide bonds. The first-order valence-electron chi connectivity index (χ1n) is 14.6. The van der Waals surface area contributed by atoms with Crippen molar-refractivity contribution >= 4 is 31.8 Å². The molecule has 42 heavy (non-hydrogen) atoms. The van der Waals surface area contributed by atoms with E-state index in [-0.39, 0.29) is 34.9 Å². The average Bonchev–Trinajstić information content (AvgIpc) is 3.83. The van der Waals surface area contributed by atoms with Crippen LogP contribution in [0, 0.1) is 11.7 Å². The van der Waals surface area contributed by atoms with Crippen molar-refractivity contribution in [2.24, 2.45) is 5.92 Å². The number of carbonyl (C=O) groups is 3. The molecule has 228 valence electrons. The molecular weight excluding hydrogens is 555 g/mol. The molecule has 11 heteroatoms. The normalized spacial score (nSPS) is 16.6. The molecule has 1 aromatic heterocycles. The number of amides is 2. The Labute approximate surface area is 248 Å². The molecule has 1 heterocycles. The highest BCUT2D eigenvalue weighted by Crippen LogP contribution is 2.46. The van der Waals surface area contributed by atoms with Crippen LogP contribution in [0.4, 0.5) is 10.1 Å². The number of halogens is 1. The summed E-state index contributed by atoms with van der Waals surface area (Å²) in [5, 5.41) is 19.6. The number of benzene rings is 1. The summed E-state index contributed by atoms with van der Waals surface area (Å²) in [7, 11) is -2.23. The van der Waals surface area contributed by atoms with E-state index in [1.807, 2.05) is 26.9 Å². The van der Waals surface area contributed by atoms with Crippen LogP contribution in [0.5, 0.6) is 0 Å². The van der Waals surface area contributed by atoms with Crippen LogP contribution >= 0.6 is 0 Å². The first kappa shape index (κ1) is 31.6. The number of carboxylic acid groups (broad SMARTS) is 1. The summed E-state index contributed by atoms with van der Waals surface area (Å²) in [6, 6.07) is 4.62. The molecule has 0 bridgehead atoms. The number of carbonyl (C=O) groups excluding carboxylic acids is 2. The van der Waals surface area contributed by atoms with Crippen molar-refractivity contribution in [3.8, 4) is 0 Å². The minimum atomic E-state index is -2.23. The van der Waals surface area contributed by atoms with Crippen LogP contribution in [0.15, 0.2) is 41.6 Å². The van der Waals surface area contributed by atoms with Crippen LogP contribution in [0.2, 0.25) is 18.1 Å². The molecule has 2 aromatic rings. The molecule has 2 fully saturated rings. The number of anilines is 1. The van der Waals surface area contributed by atoms with E-state index in [0.29, 0.717) is 5.69 Å². The Morgan fingerprint density at radius 1 is 1.17 bits per heavy atom. The number of hydrogen-bond donors (Lipinski definition) is 3. The van der Waals surface area contributed by atoms with Gasteiger partial charge in [0.2, 0.25) is 0 Å². The number of allylic oxidation sites excluding steroid dienone is 1. The maximum atomic E-state index is 15.4. The molecule has 0 saturated heterocycles. The summed E-state index contributed by atoms with van der Waals surface area (Å²) in [5.74, 6) is -3.67. The van der Waals surface area contributed by atoms with Crippen molar-refractivity contribution in [2.75, 3.05) is 11.9 Å². The molecule has 2 aliphatic carbocycles. The Hall–Kier alpha value is -3.31. The van der Waals surface area contributed by atoms with Gasteiger partial charge in [-0.05, 0) is 92.9 Å². The minimum Gasteiger partial charge on any atom is -0.481 e. The highest BCUT2D eigenvalue weighted by atomic mass is 28.4. The second-order valence-electron chi connectivity index (χ2n) is 13.2. The van der Waals surface area contributed by atoms with Gasteiger partial charge < -0.3 is 20.2 Å². The third kappa shape index (κ3) is 7.18. The molecule has 2 aliphatic rings. The third-order valence-electron chi connectivity index (χ3n) is 8.53. The van der Waals surface area contributed by atoms with Crippen LogP contribution in [0.25, 0.3) is 0 Å². The molecule has 2 atom stereocenters. The van der Waals surface area contributed by atoms with Crippen molar-refractivity contribution in [1.29, 1.82) is 0 Å². The number of aliphatic carboxylic acids is 1. The Balaban J connectivity index is 1.55. The summed E-state index contributed by atoms with van der Waals surface area (Å²) in [5.41, 5.74) is 2.59. The predicted molar refractivity (Wildman–Crippen MR) is 161 cm³/mol. The number of nitrogens with zero attached hydrogens (tertiary/aromatic N) is 2. The number of rotatable bonds is 12. The molecule has 4 rings (SSSR count). The van der Waals surface area contributed by atoms with Crippen molar-refractivity contribution in [2.45, 2.75) is 96.4 Å². The van der Waals surface area contributed by atoms with Gasteiger partial charge in [-0.25, -0.2) is 4.39 Å². The third-order valence-corrected chi connectivity index (χ3v) is 13.0. The topological polar surface area (TPSA) is 123 Å². The minimum absolute atomic E-state index is 0.0489. The van der Waals surface area contributed by atoms with Gasteiger partial charge in [-0.15, -0.1) is 0 Å². The maximum absolute atomic E-state index is 15.4. The fraction of sp³-hybridized carbons (Fsp3) is 0.548. The van der Waals surface area contributed by atoms with E-state index in [1.165, 1.54) is 12.1 Å². The lowest BCUT2D eigenvalue weighted by atomic mass is 9.98. The molecule has 2 saturated carbocycles. The van der Waals surface area contributed by atoms with Gasteiger partial charge in [0.25, 0.3) is 11.8 Å². The van der Waals surface area contributed by atoms with Crippen molar-refractivity contribution in [3.63, 3.8) is 0 Å². The zero-order valence-corrected chi connectivity index (χ0v) is 26.6. The summed E-state index contributed by atoms with van der Waals surface area (Å²) in [6.07, 6.45) is 5.19. The Morgan fingerprint density at radius 3 is 2.36 bits per heavy atom. The Morgan fingerprint density at radius 2 is 1.83 bits per heavy atom. The number of carboxylic acids is 1. The summed E-state index contributed by atoms with van der Waals surface area (Å²) >= 11 is 0. The summed E-state index contributed by atoms with van der Waals surface area (Å²) in [4.78, 5) is 39.1. The smallest absolute Gasteiger partial charge is 0.313 e. The van der Waals surface area contributed by atoms with Crippen molar-refractivity contribution in [3.05, 3.63) is 58.7 Å². The van der Waals surface area contributed by atoms with E-state index in [1.54, 1.807) is 16.9 Å². The fourth-order valence-corrected chi connectivity index (χ4v) is 5.76. The second kappa shape index (κ2) is 12.1. The van der Waals surface area contributed by atoms with E-state index < -0.39 is 43.9 Å². The predicted octanol–water partition coefficient (Wildman–Crippen LogP) is 6.03. The zero-order valence-electron chi connectivity index (χ0n) is 25.6. The number of nitrogens with one attached hydrogen (secondary N) is 2. The van der Waals surface area contributed by atoms with Crippen LogP contribution in [-0.2, 0) is 14.0 Å². The largest absolute Gasteiger partial charge is 0.481 e. The molecule has 3 N–H and O–H groups in total. The van der Waals surface area contributed by atoms with Gasteiger partial charge in [0, 0.05) is 12.2 Å². The first-order valence-corrected chi connectivity index (χ1v) is 17.5. The first-order chi connectivity index (χ1) is 19.6. The molecule has 9 nitrogen and oxygen atoms in total. The highest BCUT2D eigenvalue weighted by Gasteiger charge is 2.41. The monoisotopic (exact) mass is 598 g/mol. The zero-order chi connectivity index (χ0) is 31.0. The Bertz CT molecular complexity index is 1380. The fourth-order valence-electron chi connectivity index (χ4n) is 4.74. The van der Waals surface area contributed by atoms with Crippen LogP contribution in [0.3, 0.4) is 0 Å². The Kier molecular flexibility index (Phi) is 9.13. The maximum Gasteiger partial charge on any atom is 0.313 e. The SMILES string of the molecule is CC(C)n1nccc1C(=O)N[C@H](C(=O)Nc1ccc(C(CO[Si](C)(C)C(C)(C)C)C(=O)O)cc1F)C(=C1CC1)C1CC1. The van der Waals surface area contributed by atoms with E-state index in [2.05, 4.69) is 36.5 Å². The molecule has 0 aliphatic heterocycles. The van der Waals surface area contributed by atoms with Gasteiger partial charge in [0.1, 0.15) is 23.5 Å². The lowest BCUT2D eigenvalue weighted by Crippen LogP contribution is -2.46. The second-order valence-corrected chi connectivity index (χ2v) is 18.0. The van der Waals surface area contributed by atoms with E-state index >= 15 is 4.39 Å². The van der Waals surface area contributed by atoms with Gasteiger partial charge in [0.05, 0.1) is 12.3 Å². The summed E-state index contributed by atoms with van der Waals surface area (Å²) < 4.78 is 23.1. The van der Waals surface area contributed by atoms with E-state index in [0.717, 1.165) is 42.9 Å². The lowest BCUT2D eigenvalue weighted by Gasteiger charge is -2.37. The molecule has 1 aromatic carbocycles. The molecular formula is C31H43FN4O5Si. The van der Waals surface area contributed by atoms with Gasteiger partial charge in [-0.1, -0.05) is 32.4 Å². The summed E-state index contributed by atoms with van der Waals surface area (Å²) in [6.45, 7) is 14.0. The molecule has 0 radical (unpaired) electrons. The highest BCUT2D eigenvalue weighted by molar-refractivity contribution is 6.74. The van der Waals surface area contributed by atoms with Crippen molar-refractivity contribution < 1.29 is 28.3 Å². The molecule has 0 spiro atoms. The standard InChI is InChI=1S/C31H43FN4O5Si/c1-18(2)36-25(14-15-33-36)28(37)35-27(26(19-8-9-19)20-10-11-20)29(38)34-24-13-12-21(16-23(24)32)22(30(39)40)17-41-42(6,7)31(3,4)5/h12-16,18-19,22,27H,8-11,17H2,1-7H3,(H,34,38)(H,35,37)(H,39,40)/t22?,27-/m0/s1. The van der Waals surface area contributed by atoms with Gasteiger partial charge in [-0.3, -0.25) is 19.1 Å². The number of aromatic nitrogens is 2. The van der Waals surface area contributed by atoms with E-state index in [4.69, 9.17) is 4.43 Å². The quantitative estimate of drug-likeness (QED) is 0.203. The van der Waals surface area contributed by atoms with Crippen LogP contribution in [0.1, 0.15) is 88.3 Å². The lowest BCUT2D eigenvalue weighted by molar-refractivity contribution is -0.139. The van der Waals surface area contributed by atoms with Gasteiger partial charge in [0.15, 0.2) is 8.32 Å². The van der Waals surface area contributed by atoms with Crippen LogP contribution in [-0.4, -0.2) is 53.6 Å². The van der Waals surface area contributed by atoms with Crippen LogP contribution < -0.4 is 10.6 Å². The van der Waals surface area contributed by atoms with Gasteiger partial charge >= 0.3 is 5.97 Å².